The van der Waals surface area contributed by atoms with Gasteiger partial charge in [-0.2, -0.15) is 0 Å². The first-order valence-corrected chi connectivity index (χ1v) is 7.69. The lowest BCUT2D eigenvalue weighted by Crippen LogP contribution is -2.46. The monoisotopic (exact) mass is 303 g/mol. The maximum Gasteiger partial charge on any atom is 0.419 e. The fraction of sp³-hybridized carbons (Fsp3) is 0.500. The van der Waals surface area contributed by atoms with Crippen molar-refractivity contribution in [2.45, 2.75) is 20.4 Å². The molecular formula is C16H21N3O3. The van der Waals surface area contributed by atoms with Crippen LogP contribution in [-0.4, -0.2) is 41.6 Å². The van der Waals surface area contributed by atoms with Crippen LogP contribution in [0, 0.1) is 5.92 Å². The molecule has 2 aromatic rings. The van der Waals surface area contributed by atoms with Gasteiger partial charge in [0.05, 0.1) is 5.52 Å². The molecule has 22 heavy (non-hydrogen) atoms. The van der Waals surface area contributed by atoms with Gasteiger partial charge in [0, 0.05) is 38.3 Å². The molecule has 1 aromatic carbocycles. The molecule has 1 aliphatic rings. The van der Waals surface area contributed by atoms with Gasteiger partial charge in [-0.3, -0.25) is 9.36 Å². The molecule has 0 atom stereocenters. The second kappa shape index (κ2) is 5.96. The number of benzene rings is 1. The zero-order valence-electron chi connectivity index (χ0n) is 13.0. The molecule has 0 bridgehead atoms. The number of hydrogen-bond acceptors (Lipinski definition) is 4. The molecule has 0 aliphatic carbocycles. The molecule has 1 aromatic heterocycles. The average Bonchev–Trinajstić information content (AvgIpc) is 2.82. The van der Waals surface area contributed by atoms with Crippen molar-refractivity contribution in [3.63, 3.8) is 0 Å². The molecule has 0 spiro atoms. The maximum atomic E-state index is 12.6. The number of piperazine rings is 1. The van der Waals surface area contributed by atoms with Gasteiger partial charge < -0.3 is 14.6 Å². The summed E-state index contributed by atoms with van der Waals surface area (Å²) in [7, 11) is 0. The van der Waals surface area contributed by atoms with Crippen LogP contribution in [0.25, 0.3) is 11.1 Å². The molecule has 6 heteroatoms. The van der Waals surface area contributed by atoms with Crippen LogP contribution in [0.3, 0.4) is 0 Å². The highest BCUT2D eigenvalue weighted by molar-refractivity contribution is 5.97. The average molecular weight is 303 g/mol. The summed E-state index contributed by atoms with van der Waals surface area (Å²) in [5.41, 5.74) is 1.83. The molecule has 118 valence electrons. The summed E-state index contributed by atoms with van der Waals surface area (Å²) in [6, 6.07) is 5.21. The van der Waals surface area contributed by atoms with Gasteiger partial charge in [-0.25, -0.2) is 4.79 Å². The minimum atomic E-state index is -0.365. The first-order valence-electron chi connectivity index (χ1n) is 7.69. The van der Waals surface area contributed by atoms with E-state index in [0.717, 1.165) is 13.1 Å². The Labute approximate surface area is 128 Å². The Morgan fingerprint density at radius 1 is 1.32 bits per heavy atom. The molecule has 1 aliphatic heterocycles. The summed E-state index contributed by atoms with van der Waals surface area (Å²) in [6.07, 6.45) is 0. The first kappa shape index (κ1) is 14.8. The number of carbonyl (C=O) groups is 1. The molecule has 0 unspecified atom stereocenters. The molecule has 1 N–H and O–H groups in total. The van der Waals surface area contributed by atoms with Gasteiger partial charge in [0.1, 0.15) is 0 Å². The molecule has 2 heterocycles. The van der Waals surface area contributed by atoms with Crippen molar-refractivity contribution in [1.82, 2.24) is 14.8 Å². The Kier molecular flexibility index (Phi) is 4.02. The normalized spacial score (nSPS) is 15.7. The Hall–Kier alpha value is -2.08. The molecule has 3 rings (SSSR count). The standard InChI is InChI=1S/C16H21N3O3/c1-11(2)10-19-13-9-12(3-4-14(13)22-16(19)21)15(20)18-7-5-17-6-8-18/h3-4,9,11,17H,5-8,10H2,1-2H3. The van der Waals surface area contributed by atoms with Crippen LogP contribution < -0.4 is 11.1 Å². The van der Waals surface area contributed by atoms with Crippen LogP contribution in [0.1, 0.15) is 24.2 Å². The predicted octanol–water partition coefficient (Wildman–Crippen LogP) is 1.30. The van der Waals surface area contributed by atoms with Crippen molar-refractivity contribution < 1.29 is 9.21 Å². The third-order valence-electron chi connectivity index (χ3n) is 3.87. The van der Waals surface area contributed by atoms with Crippen molar-refractivity contribution in [1.29, 1.82) is 0 Å². The smallest absolute Gasteiger partial charge is 0.408 e. The number of nitrogens with one attached hydrogen (secondary N) is 1. The van der Waals surface area contributed by atoms with Crippen LogP contribution in [-0.2, 0) is 6.54 Å². The molecule has 6 nitrogen and oxygen atoms in total. The molecule has 0 radical (unpaired) electrons. The van der Waals surface area contributed by atoms with Crippen molar-refractivity contribution in [2.24, 2.45) is 5.92 Å². The van der Waals surface area contributed by atoms with E-state index in [2.05, 4.69) is 5.32 Å². The summed E-state index contributed by atoms with van der Waals surface area (Å²) in [5.74, 6) is -0.0327. The van der Waals surface area contributed by atoms with E-state index in [1.54, 1.807) is 22.8 Å². The highest BCUT2D eigenvalue weighted by Crippen LogP contribution is 2.18. The Morgan fingerprint density at radius 3 is 2.73 bits per heavy atom. The van der Waals surface area contributed by atoms with Crippen molar-refractivity contribution in [3.8, 4) is 0 Å². The number of rotatable bonds is 3. The predicted molar refractivity (Wildman–Crippen MR) is 84.1 cm³/mol. The zero-order chi connectivity index (χ0) is 15.7. The van der Waals surface area contributed by atoms with Crippen molar-refractivity contribution >= 4 is 17.0 Å². The van der Waals surface area contributed by atoms with E-state index in [-0.39, 0.29) is 11.7 Å². The lowest BCUT2D eigenvalue weighted by molar-refractivity contribution is 0.0736. The number of amides is 1. The van der Waals surface area contributed by atoms with Gasteiger partial charge in [0.15, 0.2) is 5.58 Å². The largest absolute Gasteiger partial charge is 0.419 e. The number of aromatic nitrogens is 1. The van der Waals surface area contributed by atoms with E-state index in [1.165, 1.54) is 0 Å². The Morgan fingerprint density at radius 2 is 2.05 bits per heavy atom. The van der Waals surface area contributed by atoms with Gasteiger partial charge in [0.2, 0.25) is 0 Å². The minimum Gasteiger partial charge on any atom is -0.408 e. The van der Waals surface area contributed by atoms with E-state index in [4.69, 9.17) is 4.42 Å². The summed E-state index contributed by atoms with van der Waals surface area (Å²) < 4.78 is 6.86. The fourth-order valence-corrected chi connectivity index (χ4v) is 2.78. The zero-order valence-corrected chi connectivity index (χ0v) is 13.0. The van der Waals surface area contributed by atoms with Crippen LogP contribution in [0.5, 0.6) is 0 Å². The lowest BCUT2D eigenvalue weighted by atomic mass is 10.1. The van der Waals surface area contributed by atoms with Gasteiger partial charge in [-0.15, -0.1) is 0 Å². The molecule has 0 saturated carbocycles. The van der Waals surface area contributed by atoms with Crippen molar-refractivity contribution in [3.05, 3.63) is 34.3 Å². The number of nitrogens with zero attached hydrogens (tertiary/aromatic N) is 2. The summed E-state index contributed by atoms with van der Waals surface area (Å²) in [4.78, 5) is 26.3. The topological polar surface area (TPSA) is 67.5 Å². The van der Waals surface area contributed by atoms with Gasteiger partial charge in [-0.05, 0) is 24.1 Å². The second-order valence-corrected chi connectivity index (χ2v) is 6.10. The Bertz CT molecular complexity index is 739. The summed E-state index contributed by atoms with van der Waals surface area (Å²) in [5, 5.41) is 3.23. The van der Waals surface area contributed by atoms with E-state index >= 15 is 0 Å². The van der Waals surface area contributed by atoms with Crippen LogP contribution >= 0.6 is 0 Å². The van der Waals surface area contributed by atoms with Gasteiger partial charge in [-0.1, -0.05) is 13.8 Å². The van der Waals surface area contributed by atoms with Gasteiger partial charge in [0.25, 0.3) is 5.91 Å². The Balaban J connectivity index is 1.97. The highest BCUT2D eigenvalue weighted by atomic mass is 16.4. The number of carbonyl (C=O) groups excluding carboxylic acids is 1. The number of fused-ring (bicyclic) bond motifs is 1. The highest BCUT2D eigenvalue weighted by Gasteiger charge is 2.19. The summed E-state index contributed by atoms with van der Waals surface area (Å²) in [6.45, 7) is 7.72. The molecule has 1 fully saturated rings. The molecular weight excluding hydrogens is 282 g/mol. The second-order valence-electron chi connectivity index (χ2n) is 6.10. The van der Waals surface area contributed by atoms with Crippen LogP contribution in [0.4, 0.5) is 0 Å². The van der Waals surface area contributed by atoms with Crippen LogP contribution in [0.2, 0.25) is 0 Å². The number of oxazole rings is 1. The van der Waals surface area contributed by atoms with E-state index in [0.29, 0.717) is 42.2 Å². The quantitative estimate of drug-likeness (QED) is 0.928. The fourth-order valence-electron chi connectivity index (χ4n) is 2.78. The van der Waals surface area contributed by atoms with Crippen molar-refractivity contribution in [2.75, 3.05) is 26.2 Å². The molecule has 1 saturated heterocycles. The SMILES string of the molecule is CC(C)Cn1c(=O)oc2ccc(C(=O)N3CCNCC3)cc21. The number of hydrogen-bond donors (Lipinski definition) is 1. The third kappa shape index (κ3) is 2.78. The minimum absolute atomic E-state index is 0.00754. The third-order valence-corrected chi connectivity index (χ3v) is 3.87. The van der Waals surface area contributed by atoms with Gasteiger partial charge >= 0.3 is 5.76 Å². The lowest BCUT2D eigenvalue weighted by Gasteiger charge is -2.27. The molecule has 1 amide bonds. The van der Waals surface area contributed by atoms with E-state index in [1.807, 2.05) is 18.7 Å². The summed E-state index contributed by atoms with van der Waals surface area (Å²) >= 11 is 0. The maximum absolute atomic E-state index is 12.6. The van der Waals surface area contributed by atoms with E-state index < -0.39 is 0 Å². The van der Waals surface area contributed by atoms with E-state index in [9.17, 15) is 9.59 Å². The van der Waals surface area contributed by atoms with Crippen LogP contribution in [0.15, 0.2) is 27.4 Å². The first-order chi connectivity index (χ1) is 10.6.